The first-order valence-corrected chi connectivity index (χ1v) is 7.18. The Morgan fingerprint density at radius 2 is 2.17 bits per heavy atom. The number of Topliss-reactive ketones (excluding diaryl/α,β-unsaturated/α-hetero) is 1. The van der Waals surface area contributed by atoms with Gasteiger partial charge in [-0.25, -0.2) is 0 Å². The van der Waals surface area contributed by atoms with Gasteiger partial charge in [0.05, 0.1) is 18.6 Å². The topological polar surface area (TPSA) is 78.7 Å². The molecule has 0 N–H and O–H groups in total. The van der Waals surface area contributed by atoms with E-state index < -0.39 is 17.7 Å². The van der Waals surface area contributed by atoms with Crippen LogP contribution in [0, 0.1) is 27.4 Å². The van der Waals surface area contributed by atoms with Gasteiger partial charge in [0.1, 0.15) is 0 Å². The summed E-state index contributed by atoms with van der Waals surface area (Å²) in [4.78, 5) is 23.4. The average molecular weight is 367 g/mol. The van der Waals surface area contributed by atoms with Crippen molar-refractivity contribution in [2.75, 3.05) is 6.61 Å². The fourth-order valence-corrected chi connectivity index (χ4v) is 4.82. The van der Waals surface area contributed by atoms with E-state index in [0.29, 0.717) is 6.61 Å². The molecular formula is C11H14INO5. The van der Waals surface area contributed by atoms with Gasteiger partial charge in [-0.2, -0.15) is 0 Å². The normalized spacial score (nSPS) is 49.2. The van der Waals surface area contributed by atoms with Crippen molar-refractivity contribution in [1.29, 1.82) is 0 Å². The SMILES string of the molecule is CC1(C)[C@H](I)[C@H]2C(=O)[C@@H]3OC[C@@H](O3)[C@H]2[C@@H]1[N+](=O)[O-]. The van der Waals surface area contributed by atoms with E-state index in [1.165, 1.54) is 0 Å². The summed E-state index contributed by atoms with van der Waals surface area (Å²) >= 11 is 2.18. The highest BCUT2D eigenvalue weighted by Crippen LogP contribution is 2.56. The minimum atomic E-state index is -0.796. The second-order valence-electron chi connectivity index (χ2n) is 5.80. The summed E-state index contributed by atoms with van der Waals surface area (Å²) in [5, 5.41) is 11.4. The highest BCUT2D eigenvalue weighted by molar-refractivity contribution is 14.1. The first-order chi connectivity index (χ1) is 8.35. The van der Waals surface area contributed by atoms with E-state index in [2.05, 4.69) is 22.6 Å². The van der Waals surface area contributed by atoms with Gasteiger partial charge in [0.2, 0.25) is 12.3 Å². The summed E-state index contributed by atoms with van der Waals surface area (Å²) < 4.78 is 10.7. The van der Waals surface area contributed by atoms with Crippen LogP contribution in [0.4, 0.5) is 0 Å². The molecule has 1 aliphatic carbocycles. The van der Waals surface area contributed by atoms with Crippen molar-refractivity contribution in [2.24, 2.45) is 17.3 Å². The molecule has 0 amide bonds. The minimum Gasteiger partial charge on any atom is -0.343 e. The van der Waals surface area contributed by atoms with E-state index in [0.717, 1.165) is 0 Å². The molecule has 0 aromatic rings. The van der Waals surface area contributed by atoms with Crippen molar-refractivity contribution in [1.82, 2.24) is 0 Å². The Morgan fingerprint density at radius 3 is 2.78 bits per heavy atom. The molecule has 3 aliphatic rings. The maximum atomic E-state index is 12.3. The van der Waals surface area contributed by atoms with Gasteiger partial charge in [0.25, 0.3) is 0 Å². The number of hydrogen-bond acceptors (Lipinski definition) is 5. The van der Waals surface area contributed by atoms with Crippen LogP contribution in [0.1, 0.15) is 13.8 Å². The fraction of sp³-hybridized carbons (Fsp3) is 0.909. The van der Waals surface area contributed by atoms with Crippen molar-refractivity contribution in [2.45, 2.75) is 36.2 Å². The van der Waals surface area contributed by atoms with Gasteiger partial charge < -0.3 is 9.47 Å². The molecule has 0 aromatic carbocycles. The van der Waals surface area contributed by atoms with Crippen LogP contribution in [0.15, 0.2) is 0 Å². The van der Waals surface area contributed by atoms with Gasteiger partial charge in [-0.1, -0.05) is 36.4 Å². The number of carbonyl (C=O) groups excluding carboxylic acids is 1. The number of ether oxygens (including phenoxy) is 2. The molecule has 2 saturated heterocycles. The Labute approximate surface area is 118 Å². The number of halogens is 1. The molecule has 0 spiro atoms. The molecule has 3 rings (SSSR count). The molecule has 100 valence electrons. The number of alkyl halides is 1. The van der Waals surface area contributed by atoms with E-state index in [4.69, 9.17) is 9.47 Å². The van der Waals surface area contributed by atoms with Crippen molar-refractivity contribution in [3.63, 3.8) is 0 Å². The first kappa shape index (κ1) is 12.7. The quantitative estimate of drug-likeness (QED) is 0.299. The van der Waals surface area contributed by atoms with E-state index in [1.807, 2.05) is 13.8 Å². The van der Waals surface area contributed by atoms with Gasteiger partial charge in [-0.3, -0.25) is 14.9 Å². The van der Waals surface area contributed by atoms with Gasteiger partial charge in [-0.15, -0.1) is 0 Å². The largest absolute Gasteiger partial charge is 0.343 e. The summed E-state index contributed by atoms with van der Waals surface area (Å²) in [6.07, 6.45) is -1.11. The second-order valence-corrected chi connectivity index (χ2v) is 7.14. The molecule has 0 radical (unpaired) electrons. The van der Waals surface area contributed by atoms with Crippen LogP contribution in [0.5, 0.6) is 0 Å². The number of nitrogens with zero attached hydrogens (tertiary/aromatic N) is 1. The van der Waals surface area contributed by atoms with Crippen molar-refractivity contribution < 1.29 is 19.2 Å². The number of nitro groups is 1. The second kappa shape index (κ2) is 3.86. The average Bonchev–Trinajstić information content (AvgIpc) is 2.77. The Kier molecular flexibility index (Phi) is 2.73. The van der Waals surface area contributed by atoms with Crippen LogP contribution >= 0.6 is 22.6 Å². The fourth-order valence-electron chi connectivity index (χ4n) is 3.62. The summed E-state index contributed by atoms with van der Waals surface area (Å²) in [5.74, 6) is -0.795. The minimum absolute atomic E-state index is 0.0569. The third-order valence-electron chi connectivity index (χ3n) is 4.50. The number of hydrogen-bond donors (Lipinski definition) is 0. The Balaban J connectivity index is 2.07. The molecule has 6 nitrogen and oxygen atoms in total. The third-order valence-corrected chi connectivity index (χ3v) is 6.88. The van der Waals surface area contributed by atoms with E-state index in [1.54, 1.807) is 0 Å². The summed E-state index contributed by atoms with van der Waals surface area (Å²) in [6.45, 7) is 4.04. The summed E-state index contributed by atoms with van der Waals surface area (Å²) in [5.41, 5.74) is -0.511. The highest BCUT2D eigenvalue weighted by Gasteiger charge is 2.69. The molecule has 0 unspecified atom stereocenters. The first-order valence-electron chi connectivity index (χ1n) is 5.94. The van der Waals surface area contributed by atoms with E-state index in [9.17, 15) is 14.9 Å². The Bertz CT molecular complexity index is 426. The number of carbonyl (C=O) groups is 1. The van der Waals surface area contributed by atoms with E-state index in [-0.39, 0.29) is 32.6 Å². The van der Waals surface area contributed by atoms with Crippen LogP contribution in [0.3, 0.4) is 0 Å². The smallest absolute Gasteiger partial charge is 0.225 e. The molecular weight excluding hydrogens is 353 g/mol. The zero-order valence-corrected chi connectivity index (χ0v) is 12.2. The third kappa shape index (κ3) is 1.44. The molecule has 2 bridgehead atoms. The lowest BCUT2D eigenvalue weighted by Gasteiger charge is -2.29. The zero-order chi connectivity index (χ0) is 13.2. The molecule has 0 aromatic heterocycles. The van der Waals surface area contributed by atoms with Crippen molar-refractivity contribution in [3.8, 4) is 0 Å². The predicted octanol–water partition coefficient (Wildman–Crippen LogP) is 1.03. The van der Waals surface area contributed by atoms with Gasteiger partial charge in [0.15, 0.2) is 5.78 Å². The number of rotatable bonds is 1. The number of ketones is 1. The zero-order valence-electron chi connectivity index (χ0n) is 10.0. The van der Waals surface area contributed by atoms with Gasteiger partial charge >= 0.3 is 0 Å². The van der Waals surface area contributed by atoms with Crippen LogP contribution in [-0.2, 0) is 14.3 Å². The van der Waals surface area contributed by atoms with Crippen LogP contribution in [0.2, 0.25) is 0 Å². The van der Waals surface area contributed by atoms with Crippen molar-refractivity contribution >= 4 is 28.4 Å². The lowest BCUT2D eigenvalue weighted by Crippen LogP contribution is -2.48. The van der Waals surface area contributed by atoms with Crippen LogP contribution in [0.25, 0.3) is 0 Å². The molecule has 7 heteroatoms. The highest BCUT2D eigenvalue weighted by atomic mass is 127. The molecule has 2 heterocycles. The lowest BCUT2D eigenvalue weighted by molar-refractivity contribution is -0.547. The molecule has 3 fully saturated rings. The maximum Gasteiger partial charge on any atom is 0.225 e. The van der Waals surface area contributed by atoms with E-state index >= 15 is 0 Å². The molecule has 2 aliphatic heterocycles. The van der Waals surface area contributed by atoms with Crippen LogP contribution in [-0.4, -0.2) is 39.7 Å². The molecule has 1 saturated carbocycles. The van der Waals surface area contributed by atoms with Crippen LogP contribution < -0.4 is 0 Å². The molecule has 6 atom stereocenters. The maximum absolute atomic E-state index is 12.3. The Morgan fingerprint density at radius 1 is 1.50 bits per heavy atom. The molecule has 18 heavy (non-hydrogen) atoms. The monoisotopic (exact) mass is 367 g/mol. The predicted molar refractivity (Wildman–Crippen MR) is 69.0 cm³/mol. The van der Waals surface area contributed by atoms with Gasteiger partial charge in [0, 0.05) is 20.2 Å². The summed E-state index contributed by atoms with van der Waals surface area (Å²) in [6, 6.07) is -0.749. The Hall–Kier alpha value is -0.280. The standard InChI is InChI=1S/C11H14INO5/c1-11(2)8(12)6-5(9(11)13(15)16)4-3-17-10(18-4)7(6)14/h4-6,8-10H,3H2,1-2H3/t4-,5-,6-,8-,9+,10-/m1/s1. The van der Waals surface area contributed by atoms with Gasteiger partial charge in [-0.05, 0) is 0 Å². The van der Waals surface area contributed by atoms with Crippen molar-refractivity contribution in [3.05, 3.63) is 10.1 Å². The summed E-state index contributed by atoms with van der Waals surface area (Å²) in [7, 11) is 0. The number of fused-ring (bicyclic) bond motifs is 4. The lowest BCUT2D eigenvalue weighted by atomic mass is 9.82.